The molecule has 0 unspecified atom stereocenters. The van der Waals surface area contributed by atoms with Crippen LogP contribution in [-0.4, -0.2) is 40.0 Å². The highest BCUT2D eigenvalue weighted by molar-refractivity contribution is 7.94. The molecule has 3 rings (SSSR count). The zero-order valence-corrected chi connectivity index (χ0v) is 13.5. The van der Waals surface area contributed by atoms with Crippen molar-refractivity contribution in [2.75, 3.05) is 18.4 Å². The van der Waals surface area contributed by atoms with Gasteiger partial charge in [0.05, 0.1) is 12.1 Å². The van der Waals surface area contributed by atoms with E-state index in [0.717, 1.165) is 19.3 Å². The molecule has 1 aliphatic rings. The molecule has 2 heterocycles. The van der Waals surface area contributed by atoms with Gasteiger partial charge in [-0.05, 0) is 37.5 Å². The number of nitrogens with one attached hydrogen (secondary N) is 1. The summed E-state index contributed by atoms with van der Waals surface area (Å²) in [6.45, 7) is 1.33. The van der Waals surface area contributed by atoms with Crippen LogP contribution >= 0.6 is 12.1 Å². The number of aromatic nitrogens is 2. The molecule has 1 N–H and O–H groups in total. The number of anilines is 1. The van der Waals surface area contributed by atoms with E-state index in [4.69, 9.17) is 4.42 Å². The highest BCUT2D eigenvalue weighted by atomic mass is 32.2. The highest BCUT2D eigenvalue weighted by Gasteiger charge is 2.24. The van der Waals surface area contributed by atoms with Crippen LogP contribution in [0.25, 0.3) is 0 Å². The molecular formula is C15H15FN4O3S. The van der Waals surface area contributed by atoms with Crippen molar-refractivity contribution in [3.05, 3.63) is 35.7 Å². The van der Waals surface area contributed by atoms with Crippen molar-refractivity contribution in [2.24, 2.45) is 0 Å². The Hall–Kier alpha value is -2.42. The highest BCUT2D eigenvalue weighted by Crippen LogP contribution is 2.20. The van der Waals surface area contributed by atoms with Crippen molar-refractivity contribution < 1.29 is 17.9 Å². The molecule has 0 spiro atoms. The lowest BCUT2D eigenvalue weighted by Gasteiger charge is -2.24. The Bertz CT molecular complexity index is 746. The molecule has 24 heavy (non-hydrogen) atoms. The molecular weight excluding hydrogens is 335 g/mol. The second-order valence-corrected chi connectivity index (χ2v) is 5.95. The molecule has 1 saturated heterocycles. The zero-order chi connectivity index (χ0) is 16.9. The maximum absolute atomic E-state index is 12.6. The van der Waals surface area contributed by atoms with Gasteiger partial charge in [0.2, 0.25) is 0 Å². The number of benzene rings is 1. The predicted octanol–water partition coefficient (Wildman–Crippen LogP) is 2.92. The predicted molar refractivity (Wildman–Crippen MR) is 85.4 cm³/mol. The Morgan fingerprint density at radius 1 is 1.21 bits per heavy atom. The molecule has 1 aromatic heterocycles. The molecule has 1 aliphatic heterocycles. The molecule has 1 aromatic carbocycles. The van der Waals surface area contributed by atoms with Gasteiger partial charge in [-0.1, -0.05) is 11.2 Å². The van der Waals surface area contributed by atoms with Gasteiger partial charge in [0.25, 0.3) is 5.91 Å². The van der Waals surface area contributed by atoms with Crippen LogP contribution in [0.3, 0.4) is 0 Å². The Morgan fingerprint density at radius 2 is 2.00 bits per heavy atom. The number of hydrogen-bond donors (Lipinski definition) is 1. The minimum Gasteiger partial charge on any atom is -0.399 e. The van der Waals surface area contributed by atoms with Gasteiger partial charge >= 0.3 is 17.8 Å². The first-order valence-electron chi connectivity index (χ1n) is 7.50. The minimum absolute atomic E-state index is 0.0489. The topological polar surface area (TPSA) is 88.3 Å². The fourth-order valence-corrected chi connectivity index (χ4v) is 2.75. The molecule has 2 aromatic rings. The number of piperidine rings is 1. The average molecular weight is 350 g/mol. The normalized spacial score (nSPS) is 14.5. The SMILES string of the molecule is O=C(Nc1nnc(C(=O)N2CCCCC2)o1)c1cccc(SF)c1. The van der Waals surface area contributed by atoms with Gasteiger partial charge in [-0.25, -0.2) is 0 Å². The third-order valence-electron chi connectivity index (χ3n) is 3.66. The van der Waals surface area contributed by atoms with Crippen LogP contribution in [0.4, 0.5) is 9.90 Å². The summed E-state index contributed by atoms with van der Waals surface area (Å²) < 4.78 is 17.8. The van der Waals surface area contributed by atoms with E-state index < -0.39 is 5.91 Å². The van der Waals surface area contributed by atoms with E-state index in [2.05, 4.69) is 15.5 Å². The average Bonchev–Trinajstić information content (AvgIpc) is 3.10. The van der Waals surface area contributed by atoms with Gasteiger partial charge in [0, 0.05) is 23.5 Å². The van der Waals surface area contributed by atoms with E-state index in [1.165, 1.54) is 12.1 Å². The molecule has 0 aliphatic carbocycles. The van der Waals surface area contributed by atoms with Crippen molar-refractivity contribution in [2.45, 2.75) is 24.2 Å². The van der Waals surface area contributed by atoms with Crippen molar-refractivity contribution in [1.82, 2.24) is 15.1 Å². The van der Waals surface area contributed by atoms with Crippen LogP contribution in [-0.2, 0) is 0 Å². The zero-order valence-electron chi connectivity index (χ0n) is 12.7. The van der Waals surface area contributed by atoms with E-state index in [9.17, 15) is 13.5 Å². The smallest absolute Gasteiger partial charge is 0.322 e. The largest absolute Gasteiger partial charge is 0.399 e. The molecule has 7 nitrogen and oxygen atoms in total. The first-order chi connectivity index (χ1) is 11.7. The van der Waals surface area contributed by atoms with Crippen LogP contribution < -0.4 is 5.32 Å². The van der Waals surface area contributed by atoms with Gasteiger partial charge in [0.15, 0.2) is 0 Å². The van der Waals surface area contributed by atoms with Crippen LogP contribution in [0.15, 0.2) is 33.6 Å². The first-order valence-corrected chi connectivity index (χ1v) is 8.22. The summed E-state index contributed by atoms with van der Waals surface area (Å²) in [5.41, 5.74) is 0.250. The number of carbonyl (C=O) groups is 2. The Balaban J connectivity index is 1.66. The number of nitrogens with zero attached hydrogens (tertiary/aromatic N) is 3. The monoisotopic (exact) mass is 350 g/mol. The van der Waals surface area contributed by atoms with E-state index >= 15 is 0 Å². The van der Waals surface area contributed by atoms with E-state index in [1.54, 1.807) is 17.0 Å². The van der Waals surface area contributed by atoms with Crippen LogP contribution in [0.2, 0.25) is 0 Å². The minimum atomic E-state index is -0.522. The second kappa shape index (κ2) is 7.43. The maximum atomic E-state index is 12.6. The number of rotatable bonds is 4. The quantitative estimate of drug-likeness (QED) is 0.912. The number of amides is 2. The van der Waals surface area contributed by atoms with Crippen LogP contribution in [0.5, 0.6) is 0 Å². The maximum Gasteiger partial charge on any atom is 0.322 e. The summed E-state index contributed by atoms with van der Waals surface area (Å²) >= 11 is 0.0489. The lowest BCUT2D eigenvalue weighted by molar-refractivity contribution is 0.0684. The van der Waals surface area contributed by atoms with Gasteiger partial charge in [-0.3, -0.25) is 14.9 Å². The number of carbonyl (C=O) groups excluding carboxylic acids is 2. The van der Waals surface area contributed by atoms with Crippen LogP contribution in [0, 0.1) is 0 Å². The summed E-state index contributed by atoms with van der Waals surface area (Å²) in [5, 5.41) is 9.76. The standard InChI is InChI=1S/C15H15FN4O3S/c16-24-11-6-4-5-10(9-11)12(21)17-15-19-18-13(23-15)14(22)20-7-2-1-3-8-20/h4-6,9H,1-3,7-8H2,(H,17,19,21). The van der Waals surface area contributed by atoms with E-state index in [0.29, 0.717) is 18.0 Å². The van der Waals surface area contributed by atoms with Gasteiger partial charge in [0.1, 0.15) is 0 Å². The fourth-order valence-electron chi connectivity index (χ4n) is 2.45. The van der Waals surface area contributed by atoms with Gasteiger partial charge in [-0.2, -0.15) is 3.89 Å². The summed E-state index contributed by atoms with van der Waals surface area (Å²) in [5.74, 6) is -1.01. The molecule has 126 valence electrons. The van der Waals surface area contributed by atoms with Crippen LogP contribution in [0.1, 0.15) is 40.3 Å². The molecule has 1 fully saturated rings. The van der Waals surface area contributed by atoms with Crippen molar-refractivity contribution >= 4 is 30.0 Å². The summed E-state index contributed by atoms with van der Waals surface area (Å²) in [6, 6.07) is 5.87. The molecule has 0 bridgehead atoms. The Labute approximate surface area is 141 Å². The summed E-state index contributed by atoms with van der Waals surface area (Å²) in [6.07, 6.45) is 3.00. The lowest BCUT2D eigenvalue weighted by atomic mass is 10.1. The van der Waals surface area contributed by atoms with E-state index in [1.807, 2.05) is 0 Å². The number of hydrogen-bond acceptors (Lipinski definition) is 6. The molecule has 9 heteroatoms. The number of likely N-dealkylation sites (tertiary alicyclic amines) is 1. The van der Waals surface area contributed by atoms with Crippen molar-refractivity contribution in [3.8, 4) is 0 Å². The molecule has 0 radical (unpaired) electrons. The number of halogens is 1. The van der Waals surface area contributed by atoms with Gasteiger partial charge in [-0.15, -0.1) is 5.10 Å². The van der Waals surface area contributed by atoms with Crippen molar-refractivity contribution in [3.63, 3.8) is 0 Å². The Morgan fingerprint density at radius 3 is 2.75 bits per heavy atom. The second-order valence-electron chi connectivity index (χ2n) is 5.32. The Kier molecular flexibility index (Phi) is 5.09. The van der Waals surface area contributed by atoms with E-state index in [-0.39, 0.29) is 35.5 Å². The van der Waals surface area contributed by atoms with Crippen molar-refractivity contribution in [1.29, 1.82) is 0 Å². The van der Waals surface area contributed by atoms with Gasteiger partial charge < -0.3 is 9.32 Å². The third kappa shape index (κ3) is 3.73. The summed E-state index contributed by atoms with van der Waals surface area (Å²) in [4.78, 5) is 26.3. The third-order valence-corrected chi connectivity index (χ3v) is 4.09. The fraction of sp³-hybridized carbons (Fsp3) is 0.333. The molecule has 0 atom stereocenters. The molecule has 0 saturated carbocycles. The summed E-state index contributed by atoms with van der Waals surface area (Å²) in [7, 11) is 0. The molecule has 2 amide bonds. The first kappa shape index (κ1) is 16.4. The lowest BCUT2D eigenvalue weighted by Crippen LogP contribution is -2.35.